The van der Waals surface area contributed by atoms with Gasteiger partial charge in [-0.2, -0.15) is 0 Å². The summed E-state index contributed by atoms with van der Waals surface area (Å²) in [6, 6.07) is 41.8. The summed E-state index contributed by atoms with van der Waals surface area (Å²) < 4.78 is 15.2. The van der Waals surface area contributed by atoms with Crippen LogP contribution in [0.2, 0.25) is 0 Å². The number of likely N-dealkylation sites (N-methyl/N-ethyl adjacent to an activating group) is 1. The molecule has 4 aromatic carbocycles. The fourth-order valence-electron chi connectivity index (χ4n) is 12.8. The number of benzene rings is 4. The smallest absolute Gasteiger partial charge is 0.410 e. The number of hydrogen-bond acceptors (Lipinski definition) is 14. The number of esters is 1. The predicted molar refractivity (Wildman–Crippen MR) is 374 cm³/mol. The molecule has 0 aliphatic carbocycles. The highest BCUT2D eigenvalue weighted by atomic mass is 16.6. The lowest BCUT2D eigenvalue weighted by atomic mass is 9.73. The van der Waals surface area contributed by atoms with Crippen molar-refractivity contribution in [2.45, 2.75) is 161 Å². The van der Waals surface area contributed by atoms with E-state index in [1.165, 1.54) is 29.4 Å². The molecule has 0 radical (unpaired) electrons. The molecule has 8 rings (SSSR count). The summed E-state index contributed by atoms with van der Waals surface area (Å²) in [5.74, 6) is -0.164. The van der Waals surface area contributed by atoms with Gasteiger partial charge in [0, 0.05) is 70.7 Å². The van der Waals surface area contributed by atoms with Gasteiger partial charge in [0.1, 0.15) is 17.7 Å². The van der Waals surface area contributed by atoms with Crippen molar-refractivity contribution in [3.8, 4) is 0 Å². The van der Waals surface area contributed by atoms with Crippen LogP contribution in [0.3, 0.4) is 0 Å². The molecule has 0 saturated carbocycles. The first-order valence-corrected chi connectivity index (χ1v) is 34.2. The molecule has 9 N–H and O–H groups in total. The molecular weight excluding hydrogens is 1180 g/mol. The van der Waals surface area contributed by atoms with Crippen molar-refractivity contribution in [3.63, 3.8) is 0 Å². The lowest BCUT2D eigenvalue weighted by molar-refractivity contribution is -0.144. The monoisotopic (exact) mass is 1300 g/mol. The fourth-order valence-corrected chi connectivity index (χ4v) is 12.8. The first-order chi connectivity index (χ1) is 44.7. The number of aryl methyl sites for hydroxylation is 3. The second kappa shape index (κ2) is 38.0. The number of alkyl carbamates (subject to hydrolysis) is 1. The van der Waals surface area contributed by atoms with Crippen LogP contribution in [0.15, 0.2) is 121 Å². The number of carbonyl (C=O) groups excluding carboxylic acids is 6. The number of nitrogens with zero attached hydrogens (tertiary/aromatic N) is 5. The Kier molecular flexibility index (Phi) is 31.5. The summed E-state index contributed by atoms with van der Waals surface area (Å²) in [4.78, 5) is 81.0. The predicted octanol–water partition coefficient (Wildman–Crippen LogP) is 9.51. The SMILES string of the molecule is CC(C)(C)OC(=O)N1CCC(CN)(CCc2ccccc2)CC1.CC(C)(C)OC(=O)NCC(=O)N1CCC(CN)(CCc2ccccc2)CC1.CN(C)CC(=O)N1CCC(CN)(CCc2ccccc2)CC1.COC(=O)CCC(=O)N1CCC(CN)(c2ccccc2)CC1. The fraction of sp³-hybridized carbons (Fsp3) is 0.600. The van der Waals surface area contributed by atoms with E-state index in [1.54, 1.807) is 20.8 Å². The third-order valence-corrected chi connectivity index (χ3v) is 19.3. The standard InChI is InChI=1S/C21H33N3O3.C19H30N2O2.C18H29N3O.C17H24N2O3/c1-20(2,3)27-19(26)23-15-18(25)24-13-11-21(16-22,12-14-24)10-9-17-7-5-4-6-8-17;1-18(2,3)23-17(22)21-13-11-19(15-20,12-14-21)10-9-16-7-5-4-6-8-16;1-20(2)14-17(22)21-12-10-18(15-19,11-13-21)9-8-16-6-4-3-5-7-16;1-22-16(21)8-7-15(20)19-11-9-17(13-18,10-12-19)14-5-3-2-4-6-14/h4-8H,9-16,22H2,1-3H3,(H,23,26);4-8H,9-15,20H2,1-3H3;3-7H,8-15,19H2,1-2H3;2-6H,7-13,18H2,1H3. The highest BCUT2D eigenvalue weighted by Gasteiger charge is 2.39. The van der Waals surface area contributed by atoms with Gasteiger partial charge in [0.05, 0.1) is 20.1 Å². The summed E-state index contributed by atoms with van der Waals surface area (Å²) >= 11 is 0. The molecule has 5 amide bonds. The van der Waals surface area contributed by atoms with Crippen LogP contribution in [0.4, 0.5) is 9.59 Å². The van der Waals surface area contributed by atoms with Gasteiger partial charge in [0.25, 0.3) is 0 Å². The first kappa shape index (κ1) is 77.8. The molecule has 4 aliphatic heterocycles. The van der Waals surface area contributed by atoms with Gasteiger partial charge in [-0.3, -0.25) is 19.2 Å². The minimum absolute atomic E-state index is 0.0177. The van der Waals surface area contributed by atoms with Crippen molar-refractivity contribution in [1.82, 2.24) is 29.8 Å². The van der Waals surface area contributed by atoms with Crippen LogP contribution in [0.5, 0.6) is 0 Å². The molecule has 4 fully saturated rings. The van der Waals surface area contributed by atoms with Gasteiger partial charge in [0.2, 0.25) is 17.7 Å². The Bertz CT molecular complexity index is 2870. The van der Waals surface area contributed by atoms with Crippen LogP contribution in [0.25, 0.3) is 0 Å². The Morgan fingerprint density at radius 1 is 0.457 bits per heavy atom. The largest absolute Gasteiger partial charge is 0.469 e. The normalized spacial score (nSPS) is 17.3. The maximum atomic E-state index is 12.4. The topological polar surface area (TPSA) is 262 Å². The molecular formula is C75H116N10O9. The first-order valence-electron chi connectivity index (χ1n) is 34.2. The summed E-state index contributed by atoms with van der Waals surface area (Å²) in [7, 11) is 5.21. The van der Waals surface area contributed by atoms with Crippen LogP contribution in [0.1, 0.15) is 147 Å². The van der Waals surface area contributed by atoms with E-state index in [-0.39, 0.29) is 70.8 Å². The molecule has 4 heterocycles. The highest BCUT2D eigenvalue weighted by Crippen LogP contribution is 2.39. The Balaban J connectivity index is 0.000000228. The van der Waals surface area contributed by atoms with Crippen LogP contribution in [-0.4, -0.2) is 184 Å². The zero-order chi connectivity index (χ0) is 68.8. The zero-order valence-corrected chi connectivity index (χ0v) is 58.5. The minimum atomic E-state index is -0.572. The zero-order valence-electron chi connectivity index (χ0n) is 58.5. The number of piperidine rings is 4. The Morgan fingerprint density at radius 2 is 0.809 bits per heavy atom. The van der Waals surface area contributed by atoms with E-state index in [1.807, 2.05) is 89.7 Å². The van der Waals surface area contributed by atoms with Crippen molar-refractivity contribution in [2.24, 2.45) is 39.2 Å². The minimum Gasteiger partial charge on any atom is -0.469 e. The van der Waals surface area contributed by atoms with Gasteiger partial charge in [0.15, 0.2) is 0 Å². The average molecular weight is 1300 g/mol. The summed E-state index contributed by atoms with van der Waals surface area (Å²) in [6.07, 6.45) is 13.4. The van der Waals surface area contributed by atoms with Crippen LogP contribution < -0.4 is 28.3 Å². The van der Waals surface area contributed by atoms with Crippen LogP contribution in [0, 0.1) is 16.2 Å². The number of likely N-dealkylation sites (tertiary alicyclic amines) is 4. The van der Waals surface area contributed by atoms with Gasteiger partial charge in [-0.15, -0.1) is 0 Å². The summed E-state index contributed by atoms with van der Waals surface area (Å²) in [5, 5.41) is 2.54. The molecule has 0 unspecified atom stereocenters. The van der Waals surface area contributed by atoms with Gasteiger partial charge in [-0.25, -0.2) is 9.59 Å². The number of methoxy groups -OCH3 is 1. The number of nitrogens with one attached hydrogen (secondary N) is 1. The highest BCUT2D eigenvalue weighted by molar-refractivity contribution is 5.83. The molecule has 94 heavy (non-hydrogen) atoms. The second-order valence-corrected chi connectivity index (χ2v) is 28.7. The number of ether oxygens (including phenoxy) is 3. The average Bonchev–Trinajstić information content (AvgIpc) is 0.844. The van der Waals surface area contributed by atoms with Gasteiger partial charge in [-0.1, -0.05) is 121 Å². The van der Waals surface area contributed by atoms with Gasteiger partial charge in [-0.05, 0) is 204 Å². The van der Waals surface area contributed by atoms with E-state index in [2.05, 4.69) is 101 Å². The summed E-state index contributed by atoms with van der Waals surface area (Å²) in [6.45, 7) is 20.1. The number of carbonyl (C=O) groups is 6. The van der Waals surface area contributed by atoms with Crippen molar-refractivity contribution in [2.75, 3.05) is 113 Å². The lowest BCUT2D eigenvalue weighted by Gasteiger charge is -2.41. The third-order valence-electron chi connectivity index (χ3n) is 19.3. The molecule has 520 valence electrons. The maximum Gasteiger partial charge on any atom is 0.410 e. The third kappa shape index (κ3) is 26.4. The van der Waals surface area contributed by atoms with E-state index in [9.17, 15) is 28.8 Å². The quantitative estimate of drug-likeness (QED) is 0.0384. The van der Waals surface area contributed by atoms with E-state index in [4.69, 9.17) is 32.4 Å². The summed E-state index contributed by atoms with van der Waals surface area (Å²) in [5.41, 5.74) is 29.0. The van der Waals surface area contributed by atoms with E-state index in [0.717, 1.165) is 123 Å². The number of rotatable bonds is 21. The molecule has 0 spiro atoms. The molecule has 19 heteroatoms. The molecule has 0 aromatic heterocycles. The maximum absolute atomic E-state index is 12.4. The molecule has 4 aliphatic rings. The van der Waals surface area contributed by atoms with Crippen molar-refractivity contribution >= 4 is 35.9 Å². The number of hydrogen-bond donors (Lipinski definition) is 5. The van der Waals surface area contributed by atoms with Gasteiger partial charge < -0.3 is 67.0 Å². The molecule has 4 saturated heterocycles. The van der Waals surface area contributed by atoms with Gasteiger partial charge >= 0.3 is 18.2 Å². The van der Waals surface area contributed by atoms with E-state index >= 15 is 0 Å². The van der Waals surface area contributed by atoms with Crippen molar-refractivity contribution in [3.05, 3.63) is 144 Å². The van der Waals surface area contributed by atoms with Crippen molar-refractivity contribution in [1.29, 1.82) is 0 Å². The number of amides is 5. The molecule has 0 bridgehead atoms. The van der Waals surface area contributed by atoms with Crippen LogP contribution >= 0.6 is 0 Å². The van der Waals surface area contributed by atoms with Crippen molar-refractivity contribution < 1.29 is 43.0 Å². The lowest BCUT2D eigenvalue weighted by Crippen LogP contribution is -2.49. The number of nitrogens with two attached hydrogens (primary N) is 4. The Hall–Kier alpha value is -6.90. The van der Waals surface area contributed by atoms with Crippen LogP contribution in [-0.2, 0) is 58.1 Å². The molecule has 19 nitrogen and oxygen atoms in total. The van der Waals surface area contributed by atoms with E-state index in [0.29, 0.717) is 52.4 Å². The second-order valence-electron chi connectivity index (χ2n) is 28.7. The van der Waals surface area contributed by atoms with E-state index < -0.39 is 17.3 Å². The Labute approximate surface area is 562 Å². The molecule has 4 aromatic rings. The molecule has 0 atom stereocenters. The Morgan fingerprint density at radius 3 is 1.16 bits per heavy atom.